The van der Waals surface area contributed by atoms with Crippen LogP contribution in [0.2, 0.25) is 0 Å². The maximum Gasteiger partial charge on any atom is 0.410 e. The van der Waals surface area contributed by atoms with Crippen LogP contribution in [0.25, 0.3) is 22.4 Å². The third kappa shape index (κ3) is 4.43. The summed E-state index contributed by atoms with van der Waals surface area (Å²) in [6, 6.07) is 1.90. The molecule has 0 bridgehead atoms. The Bertz CT molecular complexity index is 1070. The van der Waals surface area contributed by atoms with Crippen molar-refractivity contribution in [3.8, 4) is 11.4 Å². The molecule has 0 aromatic carbocycles. The molecule has 0 radical (unpaired) electrons. The van der Waals surface area contributed by atoms with Crippen LogP contribution >= 0.6 is 11.3 Å². The molecular weight excluding hydrogens is 404 g/mol. The number of carbonyl (C=O) groups is 2. The first kappa shape index (κ1) is 20.3. The molecule has 1 aliphatic rings. The third-order valence-electron chi connectivity index (χ3n) is 4.85. The zero-order chi connectivity index (χ0) is 21.3. The number of carbonyl (C=O) groups excluding carboxylic acids is 2. The SMILES string of the molecule is CC(C)(C)OC(=O)N1CCC(C(=O)Nc2nc(-c3ncnc4[nH]ccc34)cs2)CC1.[HH].[HH]. The first-order chi connectivity index (χ1) is 14.3. The van der Waals surface area contributed by atoms with E-state index in [0.717, 1.165) is 16.7 Å². The van der Waals surface area contributed by atoms with Gasteiger partial charge in [0.2, 0.25) is 5.91 Å². The predicted molar refractivity (Wildman–Crippen MR) is 118 cm³/mol. The van der Waals surface area contributed by atoms with E-state index in [2.05, 4.69) is 25.3 Å². The van der Waals surface area contributed by atoms with Crippen molar-refractivity contribution in [1.29, 1.82) is 0 Å². The molecule has 1 saturated heterocycles. The molecule has 10 heteroatoms. The molecule has 2 amide bonds. The average molecular weight is 433 g/mol. The minimum Gasteiger partial charge on any atom is -0.444 e. The largest absolute Gasteiger partial charge is 0.444 e. The van der Waals surface area contributed by atoms with Crippen molar-refractivity contribution in [3.05, 3.63) is 24.0 Å². The van der Waals surface area contributed by atoms with Crippen molar-refractivity contribution in [1.82, 2.24) is 24.8 Å². The molecule has 1 aliphatic heterocycles. The number of aromatic amines is 1. The van der Waals surface area contributed by atoms with E-state index in [1.807, 2.05) is 38.4 Å². The van der Waals surface area contributed by atoms with Gasteiger partial charge in [0, 0.05) is 38.8 Å². The number of anilines is 1. The van der Waals surface area contributed by atoms with Crippen molar-refractivity contribution in [3.63, 3.8) is 0 Å². The van der Waals surface area contributed by atoms with Gasteiger partial charge in [0.1, 0.15) is 29.0 Å². The van der Waals surface area contributed by atoms with E-state index in [-0.39, 0.29) is 20.8 Å². The second kappa shape index (κ2) is 8.02. The number of hydrogen-bond donors (Lipinski definition) is 2. The summed E-state index contributed by atoms with van der Waals surface area (Å²) in [5.74, 6) is -0.235. The third-order valence-corrected chi connectivity index (χ3v) is 5.61. The highest BCUT2D eigenvalue weighted by atomic mass is 32.1. The van der Waals surface area contributed by atoms with Gasteiger partial charge < -0.3 is 19.9 Å². The van der Waals surface area contributed by atoms with Crippen molar-refractivity contribution >= 4 is 39.5 Å². The van der Waals surface area contributed by atoms with Crippen LogP contribution in [0, 0.1) is 5.92 Å². The quantitative estimate of drug-likeness (QED) is 0.642. The van der Waals surface area contributed by atoms with Crippen LogP contribution in [0.15, 0.2) is 24.0 Å². The monoisotopic (exact) mass is 432 g/mol. The lowest BCUT2D eigenvalue weighted by atomic mass is 9.96. The first-order valence-electron chi connectivity index (χ1n) is 9.83. The summed E-state index contributed by atoms with van der Waals surface area (Å²) in [7, 11) is 0. The molecule has 2 N–H and O–H groups in total. The molecule has 1 fully saturated rings. The Morgan fingerprint density at radius 1 is 1.30 bits per heavy atom. The van der Waals surface area contributed by atoms with Crippen LogP contribution in [0.1, 0.15) is 36.5 Å². The van der Waals surface area contributed by atoms with Gasteiger partial charge in [0.15, 0.2) is 5.13 Å². The van der Waals surface area contributed by atoms with Crippen LogP contribution in [-0.4, -0.2) is 55.5 Å². The molecule has 0 saturated carbocycles. The molecule has 162 valence electrons. The van der Waals surface area contributed by atoms with Crippen LogP contribution in [0.4, 0.5) is 9.93 Å². The second-order valence-corrected chi connectivity index (χ2v) is 9.09. The van der Waals surface area contributed by atoms with Crippen LogP contribution in [-0.2, 0) is 9.53 Å². The highest BCUT2D eigenvalue weighted by molar-refractivity contribution is 7.14. The summed E-state index contributed by atoms with van der Waals surface area (Å²) in [5, 5.41) is 6.20. The Hall–Kier alpha value is -3.01. The lowest BCUT2D eigenvalue weighted by molar-refractivity contribution is -0.121. The molecule has 30 heavy (non-hydrogen) atoms. The van der Waals surface area contributed by atoms with E-state index in [9.17, 15) is 9.59 Å². The molecule has 0 spiro atoms. The minimum atomic E-state index is -0.524. The van der Waals surface area contributed by atoms with Crippen molar-refractivity contribution in [2.45, 2.75) is 39.2 Å². The molecule has 3 aromatic rings. The van der Waals surface area contributed by atoms with Gasteiger partial charge in [-0.25, -0.2) is 19.7 Å². The molecule has 0 atom stereocenters. The van der Waals surface area contributed by atoms with Gasteiger partial charge in [-0.05, 0) is 39.7 Å². The number of piperidine rings is 1. The second-order valence-electron chi connectivity index (χ2n) is 8.23. The lowest BCUT2D eigenvalue weighted by Gasteiger charge is -2.32. The van der Waals surface area contributed by atoms with Crippen LogP contribution in [0.3, 0.4) is 0 Å². The van der Waals surface area contributed by atoms with Crippen LogP contribution < -0.4 is 5.32 Å². The maximum atomic E-state index is 12.7. The number of nitrogens with one attached hydrogen (secondary N) is 2. The van der Waals surface area contributed by atoms with E-state index in [1.165, 1.54) is 17.7 Å². The number of rotatable bonds is 3. The fourth-order valence-corrected chi connectivity index (χ4v) is 4.07. The Labute approximate surface area is 180 Å². The van der Waals surface area contributed by atoms with Crippen LogP contribution in [0.5, 0.6) is 0 Å². The van der Waals surface area contributed by atoms with Gasteiger partial charge in [0.25, 0.3) is 0 Å². The topological polar surface area (TPSA) is 113 Å². The van der Waals surface area contributed by atoms with E-state index < -0.39 is 5.60 Å². The summed E-state index contributed by atoms with van der Waals surface area (Å²) < 4.78 is 5.40. The number of amides is 2. The van der Waals surface area contributed by atoms with Crippen molar-refractivity contribution < 1.29 is 17.2 Å². The van der Waals surface area contributed by atoms with Gasteiger partial charge in [-0.15, -0.1) is 11.3 Å². The number of fused-ring (bicyclic) bond motifs is 1. The number of H-pyrrole nitrogens is 1. The van der Waals surface area contributed by atoms with Gasteiger partial charge in [-0.3, -0.25) is 4.79 Å². The molecular formula is C20H28N6O3S. The minimum absolute atomic E-state index is 0. The lowest BCUT2D eigenvalue weighted by Crippen LogP contribution is -2.43. The van der Waals surface area contributed by atoms with Gasteiger partial charge in [0.05, 0.1) is 0 Å². The normalized spacial score (nSPS) is 15.4. The Balaban J connectivity index is 0.00000181. The molecule has 3 aromatic heterocycles. The number of thiazole rings is 1. The van der Waals surface area contributed by atoms with Crippen molar-refractivity contribution in [2.24, 2.45) is 5.92 Å². The molecule has 4 heterocycles. The summed E-state index contributed by atoms with van der Waals surface area (Å²) in [5.41, 5.74) is 1.64. The Morgan fingerprint density at radius 2 is 2.07 bits per heavy atom. The highest BCUT2D eigenvalue weighted by Gasteiger charge is 2.30. The number of nitrogens with zero attached hydrogens (tertiary/aromatic N) is 4. The predicted octanol–water partition coefficient (Wildman–Crippen LogP) is 4.16. The fraction of sp³-hybridized carbons (Fsp3) is 0.450. The summed E-state index contributed by atoms with van der Waals surface area (Å²) in [6.07, 6.45) is 4.16. The zero-order valence-corrected chi connectivity index (χ0v) is 18.0. The molecule has 0 aliphatic carbocycles. The fourth-order valence-electron chi connectivity index (χ4n) is 3.37. The van der Waals surface area contributed by atoms with E-state index in [0.29, 0.717) is 36.8 Å². The summed E-state index contributed by atoms with van der Waals surface area (Å²) in [4.78, 5) is 42.6. The number of aromatic nitrogens is 4. The smallest absolute Gasteiger partial charge is 0.410 e. The van der Waals surface area contributed by atoms with E-state index >= 15 is 0 Å². The van der Waals surface area contributed by atoms with E-state index in [4.69, 9.17) is 4.74 Å². The van der Waals surface area contributed by atoms with Gasteiger partial charge in [-0.2, -0.15) is 0 Å². The number of ether oxygens (including phenoxy) is 1. The average Bonchev–Trinajstić information content (AvgIpc) is 3.36. The Morgan fingerprint density at radius 3 is 2.80 bits per heavy atom. The summed E-state index contributed by atoms with van der Waals surface area (Å²) >= 11 is 1.36. The van der Waals surface area contributed by atoms with Gasteiger partial charge >= 0.3 is 6.09 Å². The Kier molecular flexibility index (Phi) is 5.42. The molecule has 0 unspecified atom stereocenters. The number of likely N-dealkylation sites (tertiary alicyclic amines) is 1. The zero-order valence-electron chi connectivity index (χ0n) is 17.1. The maximum absolute atomic E-state index is 12.7. The number of hydrogen-bond acceptors (Lipinski definition) is 7. The van der Waals surface area contributed by atoms with Crippen molar-refractivity contribution in [2.75, 3.05) is 18.4 Å². The van der Waals surface area contributed by atoms with E-state index in [1.54, 1.807) is 4.90 Å². The highest BCUT2D eigenvalue weighted by Crippen LogP contribution is 2.29. The molecule has 4 rings (SSSR count). The standard InChI is InChI=1S/C20H24N6O3S.2H2/c1-20(2,3)29-19(28)26-8-5-12(6-9-26)17(27)25-18-24-14(10-30-18)15-13-4-7-21-16(13)23-11-22-15;;/h4,7,10-12H,5-6,8-9H2,1-3H3,(H,21,22,23)(H,24,25,27);2*1H. The summed E-state index contributed by atoms with van der Waals surface area (Å²) in [6.45, 7) is 6.53. The van der Waals surface area contributed by atoms with Gasteiger partial charge in [-0.1, -0.05) is 0 Å². The molecule has 9 nitrogen and oxygen atoms in total. The first-order valence-corrected chi connectivity index (χ1v) is 10.7.